The van der Waals surface area contributed by atoms with Gasteiger partial charge in [0.2, 0.25) is 0 Å². The number of nitrogens with zero attached hydrogens (tertiary/aromatic N) is 2. The van der Waals surface area contributed by atoms with Gasteiger partial charge in [-0.3, -0.25) is 5.10 Å². The fraction of sp³-hybridized carbons (Fsp3) is 0.0435. The molecule has 0 radical (unpaired) electrons. The molecular weight excluding hydrogens is 410 g/mol. The Morgan fingerprint density at radius 3 is 2.42 bits per heavy atom. The molecule has 5 rings (SSSR count). The van der Waals surface area contributed by atoms with Gasteiger partial charge in [-0.05, 0) is 41.0 Å². The van der Waals surface area contributed by atoms with Crippen molar-refractivity contribution < 1.29 is 8.42 Å². The SMILES string of the molecule is O=S(=O)(NCc1ccc(-c2ccccc2)cc1)c1ccc(-c2[nH]nc3ncccc23)[nH]1. The molecule has 0 aliphatic rings. The van der Waals surface area contributed by atoms with Crippen LogP contribution >= 0.6 is 0 Å². The van der Waals surface area contributed by atoms with Crippen LogP contribution in [0.25, 0.3) is 33.5 Å². The van der Waals surface area contributed by atoms with Crippen LogP contribution in [-0.4, -0.2) is 28.6 Å². The van der Waals surface area contributed by atoms with Crippen molar-refractivity contribution >= 4 is 21.1 Å². The maximum absolute atomic E-state index is 12.8. The highest BCUT2D eigenvalue weighted by Crippen LogP contribution is 2.25. The van der Waals surface area contributed by atoms with Crippen LogP contribution in [0.15, 0.2) is 90.1 Å². The Morgan fingerprint density at radius 2 is 1.61 bits per heavy atom. The highest BCUT2D eigenvalue weighted by Gasteiger charge is 2.18. The summed E-state index contributed by atoms with van der Waals surface area (Å²) in [6.45, 7) is 0.197. The van der Waals surface area contributed by atoms with Crippen molar-refractivity contribution in [3.63, 3.8) is 0 Å². The first-order valence-corrected chi connectivity index (χ1v) is 11.2. The smallest absolute Gasteiger partial charge is 0.256 e. The van der Waals surface area contributed by atoms with E-state index in [1.54, 1.807) is 18.3 Å². The minimum absolute atomic E-state index is 0.0926. The molecule has 7 nitrogen and oxygen atoms in total. The Hall–Kier alpha value is -3.75. The van der Waals surface area contributed by atoms with Crippen molar-refractivity contribution in [1.82, 2.24) is 24.9 Å². The van der Waals surface area contributed by atoms with E-state index in [0.29, 0.717) is 17.0 Å². The summed E-state index contributed by atoms with van der Waals surface area (Å²) in [7, 11) is -3.70. The van der Waals surface area contributed by atoms with Crippen molar-refractivity contribution in [3.05, 3.63) is 90.6 Å². The molecule has 0 saturated carbocycles. The van der Waals surface area contributed by atoms with Gasteiger partial charge in [0, 0.05) is 18.1 Å². The standard InChI is InChI=1S/C23H19N5O2S/c29-31(30,25-15-16-8-10-18(11-9-16)17-5-2-1-3-6-17)21-13-12-20(26-21)22-19-7-4-14-24-23(19)28-27-22/h1-14,25-26H,15H2,(H,24,27,28). The average Bonchev–Trinajstić information content (AvgIpc) is 3.46. The molecular formula is C23H19N5O2S. The number of nitrogens with one attached hydrogen (secondary N) is 3. The third-order valence-corrected chi connectivity index (χ3v) is 6.42. The Balaban J connectivity index is 1.31. The summed E-state index contributed by atoms with van der Waals surface area (Å²) in [5.74, 6) is 0. The number of pyridine rings is 1. The van der Waals surface area contributed by atoms with E-state index in [1.807, 2.05) is 66.7 Å². The minimum atomic E-state index is -3.70. The second-order valence-corrected chi connectivity index (χ2v) is 8.83. The van der Waals surface area contributed by atoms with E-state index in [4.69, 9.17) is 0 Å². The van der Waals surface area contributed by atoms with Gasteiger partial charge in [-0.25, -0.2) is 18.1 Å². The van der Waals surface area contributed by atoms with Gasteiger partial charge in [0.25, 0.3) is 10.0 Å². The summed E-state index contributed by atoms with van der Waals surface area (Å²) in [4.78, 5) is 7.15. The first-order chi connectivity index (χ1) is 15.1. The molecule has 154 valence electrons. The van der Waals surface area contributed by atoms with Gasteiger partial charge in [0.1, 0.15) is 5.03 Å². The number of sulfonamides is 1. The largest absolute Gasteiger partial charge is 0.343 e. The van der Waals surface area contributed by atoms with Crippen LogP contribution in [0.1, 0.15) is 5.56 Å². The highest BCUT2D eigenvalue weighted by atomic mass is 32.2. The van der Waals surface area contributed by atoms with Gasteiger partial charge in [-0.2, -0.15) is 5.10 Å². The second-order valence-electron chi connectivity index (χ2n) is 7.10. The molecule has 3 aromatic heterocycles. The Labute approximate surface area is 179 Å². The number of fused-ring (bicyclic) bond motifs is 1. The van der Waals surface area contributed by atoms with Gasteiger partial charge < -0.3 is 4.98 Å². The summed E-state index contributed by atoms with van der Waals surface area (Å²) in [6, 6.07) is 24.8. The maximum atomic E-state index is 12.8. The van der Waals surface area contributed by atoms with Gasteiger partial charge >= 0.3 is 0 Å². The molecule has 0 bridgehead atoms. The second kappa shape index (κ2) is 7.82. The zero-order valence-electron chi connectivity index (χ0n) is 16.4. The van der Waals surface area contributed by atoms with E-state index in [1.165, 1.54) is 0 Å². The lowest BCUT2D eigenvalue weighted by Gasteiger charge is -2.07. The molecule has 0 aliphatic carbocycles. The predicted molar refractivity (Wildman–Crippen MR) is 120 cm³/mol. The number of benzene rings is 2. The van der Waals surface area contributed by atoms with Crippen molar-refractivity contribution in [2.75, 3.05) is 0 Å². The third kappa shape index (κ3) is 3.86. The van der Waals surface area contributed by atoms with Crippen molar-refractivity contribution in [2.24, 2.45) is 0 Å². The molecule has 2 aromatic carbocycles. The third-order valence-electron chi connectivity index (χ3n) is 5.08. The van der Waals surface area contributed by atoms with E-state index in [-0.39, 0.29) is 11.6 Å². The lowest BCUT2D eigenvalue weighted by atomic mass is 10.0. The van der Waals surface area contributed by atoms with Crippen molar-refractivity contribution in [2.45, 2.75) is 11.6 Å². The Bertz CT molecular complexity index is 1440. The van der Waals surface area contributed by atoms with Crippen LogP contribution in [0, 0.1) is 0 Å². The van der Waals surface area contributed by atoms with E-state index >= 15 is 0 Å². The average molecular weight is 430 g/mol. The van der Waals surface area contributed by atoms with Crippen LogP contribution in [0.4, 0.5) is 0 Å². The van der Waals surface area contributed by atoms with Crippen LogP contribution < -0.4 is 4.72 Å². The molecule has 0 aliphatic heterocycles. The predicted octanol–water partition coefficient (Wildman–Crippen LogP) is 4.10. The summed E-state index contributed by atoms with van der Waals surface area (Å²) >= 11 is 0. The Morgan fingerprint density at radius 1 is 0.839 bits per heavy atom. The molecule has 3 N–H and O–H groups in total. The molecule has 0 amide bonds. The fourth-order valence-electron chi connectivity index (χ4n) is 3.44. The zero-order valence-corrected chi connectivity index (χ0v) is 17.2. The van der Waals surface area contributed by atoms with Crippen LogP contribution in [0.3, 0.4) is 0 Å². The quantitative estimate of drug-likeness (QED) is 0.378. The number of hydrogen-bond acceptors (Lipinski definition) is 4. The Kier molecular flexibility index (Phi) is 4.85. The number of H-pyrrole nitrogens is 2. The molecule has 0 atom stereocenters. The topological polar surface area (TPSA) is 104 Å². The van der Waals surface area contributed by atoms with E-state index in [0.717, 1.165) is 22.1 Å². The molecule has 0 saturated heterocycles. The first-order valence-electron chi connectivity index (χ1n) is 9.73. The summed E-state index contributed by atoms with van der Waals surface area (Å²) in [5, 5.41) is 7.97. The molecule has 0 fully saturated rings. The monoisotopic (exact) mass is 429 g/mol. The fourth-order valence-corrected chi connectivity index (χ4v) is 4.44. The molecule has 31 heavy (non-hydrogen) atoms. The number of aromatic nitrogens is 4. The first kappa shape index (κ1) is 19.2. The van der Waals surface area contributed by atoms with Gasteiger partial charge in [0.15, 0.2) is 5.65 Å². The zero-order chi connectivity index (χ0) is 21.3. The molecule has 0 spiro atoms. The van der Waals surface area contributed by atoms with Crippen molar-refractivity contribution in [3.8, 4) is 22.5 Å². The van der Waals surface area contributed by atoms with E-state index in [2.05, 4.69) is 24.9 Å². The lowest BCUT2D eigenvalue weighted by molar-refractivity contribution is 0.578. The summed E-state index contributed by atoms with van der Waals surface area (Å²) < 4.78 is 28.2. The molecule has 3 heterocycles. The van der Waals surface area contributed by atoms with Crippen LogP contribution in [-0.2, 0) is 16.6 Å². The van der Waals surface area contributed by atoms with E-state index in [9.17, 15) is 8.42 Å². The normalized spacial score (nSPS) is 11.7. The number of rotatable bonds is 6. The molecule has 5 aromatic rings. The summed E-state index contributed by atoms with van der Waals surface area (Å²) in [5.41, 5.74) is 4.98. The van der Waals surface area contributed by atoms with Gasteiger partial charge in [-0.15, -0.1) is 0 Å². The van der Waals surface area contributed by atoms with E-state index < -0.39 is 10.0 Å². The highest BCUT2D eigenvalue weighted by molar-refractivity contribution is 7.89. The molecule has 0 unspecified atom stereocenters. The number of aromatic amines is 2. The van der Waals surface area contributed by atoms with Crippen LogP contribution in [0.5, 0.6) is 0 Å². The van der Waals surface area contributed by atoms with Gasteiger partial charge in [0.05, 0.1) is 11.4 Å². The lowest BCUT2D eigenvalue weighted by Crippen LogP contribution is -2.23. The minimum Gasteiger partial charge on any atom is -0.343 e. The molecule has 8 heteroatoms. The van der Waals surface area contributed by atoms with Crippen molar-refractivity contribution in [1.29, 1.82) is 0 Å². The van der Waals surface area contributed by atoms with Crippen LogP contribution in [0.2, 0.25) is 0 Å². The van der Waals surface area contributed by atoms with Gasteiger partial charge in [-0.1, -0.05) is 54.6 Å². The summed E-state index contributed by atoms with van der Waals surface area (Å²) in [6.07, 6.45) is 1.66. The number of hydrogen-bond donors (Lipinski definition) is 3. The maximum Gasteiger partial charge on any atom is 0.256 e.